The van der Waals surface area contributed by atoms with Crippen LogP contribution in [0.2, 0.25) is 5.02 Å². The maximum atomic E-state index is 13.3. The van der Waals surface area contributed by atoms with Gasteiger partial charge in [0, 0.05) is 25.3 Å². The Morgan fingerprint density at radius 3 is 2.77 bits per heavy atom. The van der Waals surface area contributed by atoms with Crippen LogP contribution in [0.25, 0.3) is 5.69 Å². The van der Waals surface area contributed by atoms with Crippen LogP contribution in [0.4, 0.5) is 0 Å². The second-order valence-electron chi connectivity index (χ2n) is 7.30. The molecule has 1 amide bonds. The summed E-state index contributed by atoms with van der Waals surface area (Å²) in [6, 6.07) is 14.3. The molecular formula is C22H23ClN4O3. The lowest BCUT2D eigenvalue weighted by Crippen LogP contribution is -2.37. The maximum Gasteiger partial charge on any atom is 0.293 e. The highest BCUT2D eigenvalue weighted by Gasteiger charge is 2.27. The fraction of sp³-hybridized carbons (Fsp3) is 0.318. The SMILES string of the molecule is Cc1nc(C(=O)N(Cc2ccccc2O)CC2CCCO2)nn1-c1ccccc1Cl. The summed E-state index contributed by atoms with van der Waals surface area (Å²) in [5.41, 5.74) is 1.32. The number of aromatic hydroxyl groups is 1. The molecule has 2 heterocycles. The number of aromatic nitrogens is 3. The van der Waals surface area contributed by atoms with Crippen LogP contribution in [0.3, 0.4) is 0 Å². The summed E-state index contributed by atoms with van der Waals surface area (Å²) in [7, 11) is 0. The normalized spacial score (nSPS) is 16.0. The first kappa shape index (κ1) is 20.4. The van der Waals surface area contributed by atoms with Crippen LogP contribution in [0.15, 0.2) is 48.5 Å². The molecule has 1 aromatic heterocycles. The predicted molar refractivity (Wildman–Crippen MR) is 113 cm³/mol. The smallest absolute Gasteiger partial charge is 0.293 e. The number of phenolic OH excluding ortho intramolecular Hbond substituents is 1. The van der Waals surface area contributed by atoms with E-state index in [4.69, 9.17) is 16.3 Å². The van der Waals surface area contributed by atoms with E-state index in [1.807, 2.05) is 24.3 Å². The summed E-state index contributed by atoms with van der Waals surface area (Å²) in [6.07, 6.45) is 1.83. The van der Waals surface area contributed by atoms with Gasteiger partial charge < -0.3 is 14.7 Å². The van der Waals surface area contributed by atoms with Gasteiger partial charge in [-0.15, -0.1) is 5.10 Å². The van der Waals surface area contributed by atoms with E-state index in [1.54, 1.807) is 40.8 Å². The van der Waals surface area contributed by atoms with Crippen LogP contribution in [0, 0.1) is 6.92 Å². The minimum absolute atomic E-state index is 0.0356. The number of halogens is 1. The van der Waals surface area contributed by atoms with Crippen LogP contribution in [0.1, 0.15) is 34.8 Å². The lowest BCUT2D eigenvalue weighted by atomic mass is 10.1. The van der Waals surface area contributed by atoms with Gasteiger partial charge in [-0.05, 0) is 38.0 Å². The molecule has 0 aliphatic carbocycles. The van der Waals surface area contributed by atoms with E-state index in [0.717, 1.165) is 12.8 Å². The van der Waals surface area contributed by atoms with Crippen molar-refractivity contribution in [1.82, 2.24) is 19.7 Å². The number of amides is 1. The monoisotopic (exact) mass is 426 g/mol. The van der Waals surface area contributed by atoms with E-state index in [2.05, 4.69) is 10.1 Å². The number of aryl methyl sites for hydroxylation is 1. The lowest BCUT2D eigenvalue weighted by molar-refractivity contribution is 0.0496. The quantitative estimate of drug-likeness (QED) is 0.649. The van der Waals surface area contributed by atoms with Gasteiger partial charge in [0.15, 0.2) is 0 Å². The molecule has 1 N–H and O–H groups in total. The number of para-hydroxylation sites is 2. The Balaban J connectivity index is 1.63. The van der Waals surface area contributed by atoms with Crippen molar-refractivity contribution in [2.45, 2.75) is 32.4 Å². The first-order chi connectivity index (χ1) is 14.5. The predicted octanol–water partition coefficient (Wildman–Crippen LogP) is 3.76. The number of benzene rings is 2. The van der Waals surface area contributed by atoms with Crippen molar-refractivity contribution in [3.8, 4) is 11.4 Å². The summed E-state index contributed by atoms with van der Waals surface area (Å²) in [5, 5.41) is 15.1. The van der Waals surface area contributed by atoms with E-state index in [-0.39, 0.29) is 30.1 Å². The molecule has 30 heavy (non-hydrogen) atoms. The molecule has 1 saturated heterocycles. The minimum atomic E-state index is -0.317. The van der Waals surface area contributed by atoms with Gasteiger partial charge in [0.1, 0.15) is 11.6 Å². The van der Waals surface area contributed by atoms with Crippen molar-refractivity contribution < 1.29 is 14.6 Å². The second kappa shape index (κ2) is 8.85. The van der Waals surface area contributed by atoms with Gasteiger partial charge >= 0.3 is 0 Å². The van der Waals surface area contributed by atoms with Gasteiger partial charge in [-0.3, -0.25) is 4.79 Å². The number of nitrogens with zero attached hydrogens (tertiary/aromatic N) is 4. The second-order valence-corrected chi connectivity index (χ2v) is 7.70. The van der Waals surface area contributed by atoms with Crippen LogP contribution >= 0.6 is 11.6 Å². The molecule has 3 aromatic rings. The molecule has 4 rings (SSSR count). The Morgan fingerprint density at radius 2 is 2.03 bits per heavy atom. The summed E-state index contributed by atoms with van der Waals surface area (Å²) in [4.78, 5) is 19.4. The van der Waals surface area contributed by atoms with Gasteiger partial charge in [-0.2, -0.15) is 0 Å². The molecule has 0 bridgehead atoms. The third kappa shape index (κ3) is 4.32. The van der Waals surface area contributed by atoms with Gasteiger partial charge in [0.25, 0.3) is 5.91 Å². The molecule has 7 nitrogen and oxygen atoms in total. The number of hydrogen-bond acceptors (Lipinski definition) is 5. The zero-order chi connectivity index (χ0) is 21.1. The van der Waals surface area contributed by atoms with E-state index >= 15 is 0 Å². The van der Waals surface area contributed by atoms with Crippen molar-refractivity contribution in [1.29, 1.82) is 0 Å². The van der Waals surface area contributed by atoms with Crippen LogP contribution in [-0.4, -0.2) is 49.9 Å². The summed E-state index contributed by atoms with van der Waals surface area (Å²) < 4.78 is 7.30. The molecule has 8 heteroatoms. The fourth-order valence-corrected chi connectivity index (χ4v) is 3.79. The Kier molecular flexibility index (Phi) is 6.01. The number of rotatable bonds is 6. The van der Waals surface area contributed by atoms with Crippen LogP contribution in [-0.2, 0) is 11.3 Å². The Hall–Kier alpha value is -2.90. The van der Waals surface area contributed by atoms with Gasteiger partial charge in [0.2, 0.25) is 5.82 Å². The third-order valence-electron chi connectivity index (χ3n) is 5.13. The number of carbonyl (C=O) groups is 1. The van der Waals surface area contributed by atoms with Crippen LogP contribution in [0.5, 0.6) is 5.75 Å². The van der Waals surface area contributed by atoms with Crippen molar-refractivity contribution in [3.63, 3.8) is 0 Å². The summed E-state index contributed by atoms with van der Waals surface area (Å²) in [6.45, 7) is 3.13. The molecule has 1 atom stereocenters. The Labute approximate surface area is 179 Å². The molecule has 1 unspecified atom stereocenters. The highest BCUT2D eigenvalue weighted by atomic mass is 35.5. The first-order valence-electron chi connectivity index (χ1n) is 9.89. The van der Waals surface area contributed by atoms with E-state index in [1.165, 1.54) is 0 Å². The average molecular weight is 427 g/mol. The number of carbonyl (C=O) groups excluding carboxylic acids is 1. The highest BCUT2D eigenvalue weighted by molar-refractivity contribution is 6.32. The molecule has 1 aliphatic heterocycles. The Morgan fingerprint density at radius 1 is 1.27 bits per heavy atom. The number of ether oxygens (including phenoxy) is 1. The molecule has 0 radical (unpaired) electrons. The van der Waals surface area contributed by atoms with Gasteiger partial charge in [-0.1, -0.05) is 41.9 Å². The number of phenols is 1. The molecule has 0 saturated carbocycles. The topological polar surface area (TPSA) is 80.5 Å². The van der Waals surface area contributed by atoms with Gasteiger partial charge in [0.05, 0.1) is 16.8 Å². The largest absolute Gasteiger partial charge is 0.508 e. The van der Waals surface area contributed by atoms with Crippen molar-refractivity contribution >= 4 is 17.5 Å². The summed E-state index contributed by atoms with van der Waals surface area (Å²) in [5.74, 6) is 0.475. The zero-order valence-corrected chi connectivity index (χ0v) is 17.4. The maximum absolute atomic E-state index is 13.3. The Bertz CT molecular complexity index is 1050. The van der Waals surface area contributed by atoms with Crippen molar-refractivity contribution in [3.05, 3.63) is 70.8 Å². The lowest BCUT2D eigenvalue weighted by Gasteiger charge is -2.24. The van der Waals surface area contributed by atoms with Crippen LogP contribution < -0.4 is 0 Å². The third-order valence-corrected chi connectivity index (χ3v) is 5.45. The number of hydrogen-bond donors (Lipinski definition) is 1. The molecule has 1 aliphatic rings. The van der Waals surface area contributed by atoms with E-state index in [9.17, 15) is 9.90 Å². The molecular weight excluding hydrogens is 404 g/mol. The molecule has 2 aromatic carbocycles. The van der Waals surface area contributed by atoms with E-state index in [0.29, 0.717) is 35.2 Å². The highest BCUT2D eigenvalue weighted by Crippen LogP contribution is 2.23. The van der Waals surface area contributed by atoms with Crippen molar-refractivity contribution in [2.24, 2.45) is 0 Å². The minimum Gasteiger partial charge on any atom is -0.508 e. The molecule has 0 spiro atoms. The summed E-state index contributed by atoms with van der Waals surface area (Å²) >= 11 is 6.29. The fourth-order valence-electron chi connectivity index (χ4n) is 3.58. The van der Waals surface area contributed by atoms with Gasteiger partial charge in [-0.25, -0.2) is 9.67 Å². The first-order valence-corrected chi connectivity index (χ1v) is 10.3. The molecule has 1 fully saturated rings. The van der Waals surface area contributed by atoms with Crippen molar-refractivity contribution in [2.75, 3.05) is 13.2 Å². The standard InChI is InChI=1S/C22H23ClN4O3/c1-15-24-21(25-27(15)19-10-4-3-9-18(19)23)22(29)26(14-17-8-6-12-30-17)13-16-7-2-5-11-20(16)28/h2-5,7,9-11,17,28H,6,8,12-14H2,1H3. The van der Waals surface area contributed by atoms with E-state index < -0.39 is 0 Å². The average Bonchev–Trinajstić information content (AvgIpc) is 3.39. The molecule has 156 valence electrons. The zero-order valence-electron chi connectivity index (χ0n) is 16.7.